The SMILES string of the molecule is CCOc1cccc(C(F)C2CCCN2)c1. The van der Waals surface area contributed by atoms with Crippen LogP contribution in [0.1, 0.15) is 31.5 Å². The monoisotopic (exact) mass is 223 g/mol. The molecule has 0 spiro atoms. The topological polar surface area (TPSA) is 21.3 Å². The molecule has 0 amide bonds. The van der Waals surface area contributed by atoms with Gasteiger partial charge in [-0.1, -0.05) is 12.1 Å². The first kappa shape index (κ1) is 11.4. The Labute approximate surface area is 95.8 Å². The lowest BCUT2D eigenvalue weighted by Crippen LogP contribution is -2.26. The van der Waals surface area contributed by atoms with Crippen molar-refractivity contribution in [2.45, 2.75) is 32.0 Å². The Morgan fingerprint density at radius 2 is 2.44 bits per heavy atom. The maximum absolute atomic E-state index is 14.1. The zero-order valence-corrected chi connectivity index (χ0v) is 9.58. The summed E-state index contributed by atoms with van der Waals surface area (Å²) in [6.07, 6.45) is 1.05. The second-order valence-electron chi connectivity index (χ2n) is 4.11. The van der Waals surface area contributed by atoms with Crippen LogP contribution in [0.3, 0.4) is 0 Å². The van der Waals surface area contributed by atoms with Crippen LogP contribution in [-0.4, -0.2) is 19.2 Å². The van der Waals surface area contributed by atoms with Gasteiger partial charge in [0.15, 0.2) is 0 Å². The van der Waals surface area contributed by atoms with Gasteiger partial charge in [-0.2, -0.15) is 0 Å². The average molecular weight is 223 g/mol. The lowest BCUT2D eigenvalue weighted by atomic mass is 10.0. The number of nitrogens with one attached hydrogen (secondary N) is 1. The molecule has 0 saturated carbocycles. The van der Waals surface area contributed by atoms with Crippen LogP contribution in [0, 0.1) is 0 Å². The first-order valence-electron chi connectivity index (χ1n) is 5.91. The van der Waals surface area contributed by atoms with Crippen molar-refractivity contribution in [1.29, 1.82) is 0 Å². The molecular formula is C13H18FNO. The zero-order chi connectivity index (χ0) is 11.4. The minimum absolute atomic E-state index is 0.0307. The average Bonchev–Trinajstić information content (AvgIpc) is 2.82. The fraction of sp³-hybridized carbons (Fsp3) is 0.538. The Hall–Kier alpha value is -1.09. The molecule has 1 aliphatic rings. The van der Waals surface area contributed by atoms with E-state index in [0.29, 0.717) is 12.2 Å². The number of ether oxygens (including phenoxy) is 1. The highest BCUT2D eigenvalue weighted by atomic mass is 19.1. The highest BCUT2D eigenvalue weighted by Gasteiger charge is 2.25. The molecule has 1 saturated heterocycles. The van der Waals surface area contributed by atoms with Gasteiger partial charge < -0.3 is 10.1 Å². The van der Waals surface area contributed by atoms with Gasteiger partial charge in [0.25, 0.3) is 0 Å². The maximum Gasteiger partial charge on any atom is 0.140 e. The first-order valence-corrected chi connectivity index (χ1v) is 5.91. The zero-order valence-electron chi connectivity index (χ0n) is 9.58. The summed E-state index contributed by atoms with van der Waals surface area (Å²) in [4.78, 5) is 0. The van der Waals surface area contributed by atoms with Crippen LogP contribution in [-0.2, 0) is 0 Å². The van der Waals surface area contributed by atoms with Gasteiger partial charge in [0, 0.05) is 6.04 Å². The summed E-state index contributed by atoms with van der Waals surface area (Å²) in [7, 11) is 0. The van der Waals surface area contributed by atoms with Crippen molar-refractivity contribution in [1.82, 2.24) is 5.32 Å². The molecule has 0 aromatic heterocycles. The Bertz CT molecular complexity index is 336. The Morgan fingerprint density at radius 1 is 1.56 bits per heavy atom. The minimum Gasteiger partial charge on any atom is -0.494 e. The summed E-state index contributed by atoms with van der Waals surface area (Å²) >= 11 is 0. The van der Waals surface area contributed by atoms with Gasteiger partial charge >= 0.3 is 0 Å². The molecule has 0 aliphatic carbocycles. The molecule has 1 N–H and O–H groups in total. The molecule has 1 aliphatic heterocycles. The smallest absolute Gasteiger partial charge is 0.140 e. The third-order valence-corrected chi connectivity index (χ3v) is 2.94. The fourth-order valence-corrected chi connectivity index (χ4v) is 2.14. The second-order valence-corrected chi connectivity index (χ2v) is 4.11. The molecule has 0 bridgehead atoms. The van der Waals surface area contributed by atoms with Crippen LogP contribution in [0.25, 0.3) is 0 Å². The standard InChI is InChI=1S/C13H18FNO/c1-2-16-11-6-3-5-10(9-11)13(14)12-7-4-8-15-12/h3,5-6,9,12-13,15H,2,4,7-8H2,1H3. The van der Waals surface area contributed by atoms with Crippen LogP contribution >= 0.6 is 0 Å². The molecule has 3 heteroatoms. The van der Waals surface area contributed by atoms with Crippen molar-refractivity contribution in [3.8, 4) is 5.75 Å². The maximum atomic E-state index is 14.1. The van der Waals surface area contributed by atoms with Gasteiger partial charge in [-0.15, -0.1) is 0 Å². The molecule has 2 unspecified atom stereocenters. The molecule has 1 fully saturated rings. The van der Waals surface area contributed by atoms with Crippen molar-refractivity contribution in [2.24, 2.45) is 0 Å². The van der Waals surface area contributed by atoms with E-state index in [2.05, 4.69) is 5.32 Å². The fourth-order valence-electron chi connectivity index (χ4n) is 2.14. The highest BCUT2D eigenvalue weighted by Crippen LogP contribution is 2.28. The number of hydrogen-bond acceptors (Lipinski definition) is 2. The van der Waals surface area contributed by atoms with Gasteiger partial charge in [0.1, 0.15) is 11.9 Å². The molecule has 88 valence electrons. The summed E-state index contributed by atoms with van der Waals surface area (Å²) in [5, 5.41) is 3.19. The Kier molecular flexibility index (Phi) is 3.78. The van der Waals surface area contributed by atoms with E-state index < -0.39 is 6.17 Å². The van der Waals surface area contributed by atoms with Gasteiger partial charge in [0.05, 0.1) is 6.61 Å². The van der Waals surface area contributed by atoms with Crippen molar-refractivity contribution >= 4 is 0 Å². The first-order chi connectivity index (χ1) is 7.81. The predicted octanol–water partition coefficient (Wildman–Crippen LogP) is 2.85. The molecule has 1 aromatic rings. The van der Waals surface area contributed by atoms with E-state index in [1.807, 2.05) is 25.1 Å². The molecular weight excluding hydrogens is 205 g/mol. The van der Waals surface area contributed by atoms with Crippen LogP contribution in [0.5, 0.6) is 5.75 Å². The number of benzene rings is 1. The summed E-state index contributed by atoms with van der Waals surface area (Å²) < 4.78 is 19.5. The van der Waals surface area contributed by atoms with Crippen LogP contribution in [0.2, 0.25) is 0 Å². The van der Waals surface area contributed by atoms with E-state index in [-0.39, 0.29) is 6.04 Å². The second kappa shape index (κ2) is 5.30. The van der Waals surface area contributed by atoms with Crippen molar-refractivity contribution in [3.05, 3.63) is 29.8 Å². The largest absolute Gasteiger partial charge is 0.494 e. The molecule has 2 nitrogen and oxygen atoms in total. The Balaban J connectivity index is 2.09. The van der Waals surface area contributed by atoms with Gasteiger partial charge in [-0.3, -0.25) is 0 Å². The van der Waals surface area contributed by atoms with E-state index in [1.165, 1.54) is 0 Å². The number of alkyl halides is 1. The van der Waals surface area contributed by atoms with Gasteiger partial charge in [-0.25, -0.2) is 4.39 Å². The number of halogens is 1. The van der Waals surface area contributed by atoms with E-state index in [0.717, 1.165) is 25.1 Å². The van der Waals surface area contributed by atoms with Crippen LogP contribution in [0.15, 0.2) is 24.3 Å². The van der Waals surface area contributed by atoms with Gasteiger partial charge in [0.2, 0.25) is 0 Å². The third kappa shape index (κ3) is 2.53. The summed E-state index contributed by atoms with van der Waals surface area (Å²) in [6, 6.07) is 7.31. The lowest BCUT2D eigenvalue weighted by Gasteiger charge is -2.17. The molecule has 1 aromatic carbocycles. The third-order valence-electron chi connectivity index (χ3n) is 2.94. The summed E-state index contributed by atoms with van der Waals surface area (Å²) in [6.45, 7) is 3.47. The highest BCUT2D eigenvalue weighted by molar-refractivity contribution is 5.30. The number of rotatable bonds is 4. The van der Waals surface area contributed by atoms with E-state index in [4.69, 9.17) is 4.74 Å². The van der Waals surface area contributed by atoms with E-state index in [1.54, 1.807) is 6.07 Å². The molecule has 0 radical (unpaired) electrons. The van der Waals surface area contributed by atoms with Gasteiger partial charge in [-0.05, 0) is 44.0 Å². The molecule has 2 rings (SSSR count). The molecule has 1 heterocycles. The number of hydrogen-bond donors (Lipinski definition) is 1. The minimum atomic E-state index is -0.928. The van der Waals surface area contributed by atoms with Crippen molar-refractivity contribution in [3.63, 3.8) is 0 Å². The van der Waals surface area contributed by atoms with Crippen LogP contribution < -0.4 is 10.1 Å². The summed E-state index contributed by atoms with van der Waals surface area (Å²) in [5.74, 6) is 0.751. The van der Waals surface area contributed by atoms with Crippen molar-refractivity contribution < 1.29 is 9.13 Å². The quantitative estimate of drug-likeness (QED) is 0.847. The summed E-state index contributed by atoms with van der Waals surface area (Å²) in [5.41, 5.74) is 0.713. The predicted molar refractivity (Wildman–Crippen MR) is 62.5 cm³/mol. The van der Waals surface area contributed by atoms with Crippen LogP contribution in [0.4, 0.5) is 4.39 Å². The lowest BCUT2D eigenvalue weighted by molar-refractivity contribution is 0.269. The van der Waals surface area contributed by atoms with E-state index >= 15 is 0 Å². The Morgan fingerprint density at radius 3 is 3.12 bits per heavy atom. The normalized spacial score (nSPS) is 22.0. The molecule has 16 heavy (non-hydrogen) atoms. The van der Waals surface area contributed by atoms with Crippen molar-refractivity contribution in [2.75, 3.05) is 13.2 Å². The molecule has 2 atom stereocenters. The van der Waals surface area contributed by atoms with E-state index in [9.17, 15) is 4.39 Å².